The van der Waals surface area contributed by atoms with E-state index in [0.717, 1.165) is 68.7 Å². The molecule has 10 heteroatoms. The van der Waals surface area contributed by atoms with Crippen LogP contribution >= 0.6 is 24.8 Å². The summed E-state index contributed by atoms with van der Waals surface area (Å²) in [4.78, 5) is 14.4. The Hall–Kier alpha value is -1.35. The van der Waals surface area contributed by atoms with Crippen molar-refractivity contribution in [3.63, 3.8) is 0 Å². The highest BCUT2D eigenvalue weighted by molar-refractivity contribution is 5.86. The molecule has 4 N–H and O–H groups in total. The highest BCUT2D eigenvalue weighted by atomic mass is 35.5. The van der Waals surface area contributed by atoms with Crippen LogP contribution < -0.4 is 16.4 Å². The first-order valence-corrected chi connectivity index (χ1v) is 11.2. The second-order valence-corrected chi connectivity index (χ2v) is 8.54. The predicted octanol–water partition coefficient (Wildman–Crippen LogP) is 4.31. The Morgan fingerprint density at radius 2 is 1.81 bits per heavy atom. The second kappa shape index (κ2) is 12.6. The van der Waals surface area contributed by atoms with Crippen molar-refractivity contribution in [2.24, 2.45) is 5.73 Å². The van der Waals surface area contributed by atoms with Crippen molar-refractivity contribution in [3.8, 4) is 0 Å². The van der Waals surface area contributed by atoms with Crippen LogP contribution in [0.5, 0.6) is 0 Å². The molecule has 2 saturated carbocycles. The fraction of sp³-hybridized carbons (Fsp3) is 0.762. The highest BCUT2D eigenvalue weighted by Gasteiger charge is 2.23. The fourth-order valence-corrected chi connectivity index (χ4v) is 4.58. The average molecular weight is 474 g/mol. The number of fused-ring (bicyclic) bond motifs is 1. The maximum absolute atomic E-state index is 6.06. The zero-order valence-electron chi connectivity index (χ0n) is 18.4. The van der Waals surface area contributed by atoms with Gasteiger partial charge >= 0.3 is 0 Å². The molecule has 0 unspecified atom stereocenters. The van der Waals surface area contributed by atoms with E-state index in [-0.39, 0.29) is 24.8 Å². The molecule has 0 aliphatic heterocycles. The Kier molecular flexibility index (Phi) is 10.6. The number of hydrogen-bond donors (Lipinski definition) is 3. The number of halogens is 2. The maximum Gasteiger partial charge on any atom is 0.227 e. The van der Waals surface area contributed by atoms with E-state index in [1.807, 2.05) is 6.33 Å². The summed E-state index contributed by atoms with van der Waals surface area (Å²) in [5.41, 5.74) is 7.89. The fourth-order valence-electron chi connectivity index (χ4n) is 4.58. The van der Waals surface area contributed by atoms with Crippen LogP contribution in [0.4, 0.5) is 11.8 Å². The van der Waals surface area contributed by atoms with E-state index < -0.39 is 0 Å². The molecule has 2 fully saturated rings. The van der Waals surface area contributed by atoms with Gasteiger partial charge in [-0.1, -0.05) is 12.8 Å². The quantitative estimate of drug-likeness (QED) is 0.466. The molecule has 0 radical (unpaired) electrons. The minimum absolute atomic E-state index is 0. The van der Waals surface area contributed by atoms with Crippen LogP contribution in [0, 0.1) is 0 Å². The largest absolute Gasteiger partial charge is 0.385 e. The smallest absolute Gasteiger partial charge is 0.227 e. The Morgan fingerprint density at radius 3 is 2.52 bits per heavy atom. The Balaban J connectivity index is 0.00000171. The highest BCUT2D eigenvalue weighted by Crippen LogP contribution is 2.33. The van der Waals surface area contributed by atoms with Crippen LogP contribution in [-0.4, -0.2) is 51.9 Å². The molecule has 8 nitrogen and oxygen atoms in total. The topological polar surface area (TPSA) is 103 Å². The van der Waals surface area contributed by atoms with E-state index in [1.54, 1.807) is 7.11 Å². The Morgan fingerprint density at radius 1 is 1.06 bits per heavy atom. The Bertz CT molecular complexity index is 789. The number of nitrogens with one attached hydrogen (secondary N) is 2. The van der Waals surface area contributed by atoms with Crippen LogP contribution in [0.25, 0.3) is 11.2 Å². The molecular formula is C21H37Cl2N7O. The van der Waals surface area contributed by atoms with Gasteiger partial charge in [0.1, 0.15) is 0 Å². The molecule has 2 heterocycles. The lowest BCUT2D eigenvalue weighted by Crippen LogP contribution is -2.33. The van der Waals surface area contributed by atoms with E-state index in [4.69, 9.17) is 20.4 Å². The van der Waals surface area contributed by atoms with Gasteiger partial charge in [-0.2, -0.15) is 9.97 Å². The Labute approximate surface area is 197 Å². The minimum atomic E-state index is 0. The van der Waals surface area contributed by atoms with Crippen LogP contribution in [0.2, 0.25) is 0 Å². The second-order valence-electron chi connectivity index (χ2n) is 8.54. The van der Waals surface area contributed by atoms with Crippen molar-refractivity contribution >= 4 is 47.7 Å². The monoisotopic (exact) mass is 473 g/mol. The predicted molar refractivity (Wildman–Crippen MR) is 131 cm³/mol. The molecular weight excluding hydrogens is 437 g/mol. The van der Waals surface area contributed by atoms with Crippen LogP contribution in [0.15, 0.2) is 6.33 Å². The molecule has 176 valence electrons. The standard InChI is InChI=1S/C21H35N7O.2ClH/c1-29-13-5-4-12-23-19-18-20(28(14-24-18)17-6-2-3-7-17)27-21(26-19)25-16-10-8-15(22)9-11-16;;/h14-17H,2-13,22H2,1H3,(H2,23,25,26,27);2*1H. The summed E-state index contributed by atoms with van der Waals surface area (Å²) in [7, 11) is 1.74. The van der Waals surface area contributed by atoms with Crippen LogP contribution in [-0.2, 0) is 4.74 Å². The van der Waals surface area contributed by atoms with Gasteiger partial charge < -0.3 is 25.7 Å². The zero-order valence-corrected chi connectivity index (χ0v) is 20.0. The number of imidazole rings is 1. The van der Waals surface area contributed by atoms with Gasteiger partial charge in [0.15, 0.2) is 17.0 Å². The van der Waals surface area contributed by atoms with Gasteiger partial charge in [0.25, 0.3) is 0 Å². The molecule has 0 spiro atoms. The molecule has 2 aliphatic rings. The SMILES string of the molecule is COCCCCNc1nc(NC2CCC(N)CC2)nc2c1ncn2C1CCCC1.Cl.Cl. The van der Waals surface area contributed by atoms with Crippen molar-refractivity contribution in [2.45, 2.75) is 82.3 Å². The normalized spacial score (nSPS) is 21.5. The van der Waals surface area contributed by atoms with E-state index in [1.165, 1.54) is 25.7 Å². The lowest BCUT2D eigenvalue weighted by atomic mass is 9.92. The summed E-state index contributed by atoms with van der Waals surface area (Å²) >= 11 is 0. The first-order valence-electron chi connectivity index (χ1n) is 11.2. The lowest BCUT2D eigenvalue weighted by Gasteiger charge is -2.27. The summed E-state index contributed by atoms with van der Waals surface area (Å²) in [6.07, 6.45) is 13.3. The van der Waals surface area contributed by atoms with Crippen molar-refractivity contribution in [1.82, 2.24) is 19.5 Å². The molecule has 2 aromatic rings. The summed E-state index contributed by atoms with van der Waals surface area (Å²) in [5, 5.41) is 7.07. The molecule has 0 aromatic carbocycles. The summed E-state index contributed by atoms with van der Waals surface area (Å²) in [6.45, 7) is 1.64. The van der Waals surface area contributed by atoms with Crippen molar-refractivity contribution in [3.05, 3.63) is 6.33 Å². The number of ether oxygens (including phenoxy) is 1. The van der Waals surface area contributed by atoms with Crippen molar-refractivity contribution in [2.75, 3.05) is 30.9 Å². The molecule has 0 saturated heterocycles. The molecule has 2 aliphatic carbocycles. The lowest BCUT2D eigenvalue weighted by molar-refractivity contribution is 0.194. The van der Waals surface area contributed by atoms with Crippen LogP contribution in [0.3, 0.4) is 0 Å². The number of methoxy groups -OCH3 is 1. The number of nitrogens with zero attached hydrogens (tertiary/aromatic N) is 4. The van der Waals surface area contributed by atoms with Gasteiger partial charge in [-0.15, -0.1) is 24.8 Å². The summed E-state index contributed by atoms with van der Waals surface area (Å²) in [6, 6.07) is 1.24. The third kappa shape index (κ3) is 6.57. The molecule has 0 atom stereocenters. The minimum Gasteiger partial charge on any atom is -0.385 e. The summed E-state index contributed by atoms with van der Waals surface area (Å²) in [5.74, 6) is 1.54. The maximum atomic E-state index is 6.06. The van der Waals surface area contributed by atoms with Gasteiger partial charge in [0.2, 0.25) is 5.95 Å². The van der Waals surface area contributed by atoms with Gasteiger partial charge in [-0.05, 0) is 51.4 Å². The number of hydrogen-bond acceptors (Lipinski definition) is 7. The third-order valence-electron chi connectivity index (χ3n) is 6.31. The van der Waals surface area contributed by atoms with Crippen molar-refractivity contribution in [1.29, 1.82) is 0 Å². The molecule has 31 heavy (non-hydrogen) atoms. The van der Waals surface area contributed by atoms with E-state index in [2.05, 4.69) is 20.2 Å². The first-order chi connectivity index (χ1) is 14.2. The third-order valence-corrected chi connectivity index (χ3v) is 6.31. The van der Waals surface area contributed by atoms with E-state index in [9.17, 15) is 0 Å². The van der Waals surface area contributed by atoms with Gasteiger partial charge in [0, 0.05) is 38.4 Å². The average Bonchev–Trinajstić information content (AvgIpc) is 3.39. The zero-order chi connectivity index (χ0) is 20.1. The molecule has 0 amide bonds. The molecule has 4 rings (SSSR count). The van der Waals surface area contributed by atoms with Gasteiger partial charge in [0.05, 0.1) is 6.33 Å². The molecule has 2 aromatic heterocycles. The number of anilines is 2. The molecule has 0 bridgehead atoms. The van der Waals surface area contributed by atoms with E-state index >= 15 is 0 Å². The number of aromatic nitrogens is 4. The number of nitrogens with two attached hydrogens (primary N) is 1. The van der Waals surface area contributed by atoms with Gasteiger partial charge in [-0.3, -0.25) is 0 Å². The van der Waals surface area contributed by atoms with Crippen LogP contribution in [0.1, 0.15) is 70.3 Å². The summed E-state index contributed by atoms with van der Waals surface area (Å²) < 4.78 is 7.41. The van der Waals surface area contributed by atoms with Crippen molar-refractivity contribution < 1.29 is 4.74 Å². The first kappa shape index (κ1) is 25.9. The number of rotatable bonds is 9. The van der Waals surface area contributed by atoms with E-state index in [0.29, 0.717) is 24.1 Å². The van der Waals surface area contributed by atoms with Gasteiger partial charge in [-0.25, -0.2) is 4.98 Å². The number of unbranched alkanes of at least 4 members (excludes halogenated alkanes) is 1.